The van der Waals surface area contributed by atoms with Gasteiger partial charge >= 0.3 is 0 Å². The van der Waals surface area contributed by atoms with Crippen LogP contribution in [-0.2, 0) is 12.8 Å². The highest BCUT2D eigenvalue weighted by atomic mass is 16.5. The van der Waals surface area contributed by atoms with Crippen molar-refractivity contribution in [3.63, 3.8) is 0 Å². The average Bonchev–Trinajstić information content (AvgIpc) is 3.40. The van der Waals surface area contributed by atoms with Crippen LogP contribution in [0.1, 0.15) is 64.7 Å². The minimum Gasteiger partial charge on any atom is -0.361 e. The van der Waals surface area contributed by atoms with E-state index in [1.54, 1.807) is 11.0 Å². The second-order valence-electron chi connectivity index (χ2n) is 7.37. The van der Waals surface area contributed by atoms with E-state index in [0.29, 0.717) is 47.9 Å². The highest BCUT2D eigenvalue weighted by Crippen LogP contribution is 2.31. The van der Waals surface area contributed by atoms with Crippen LogP contribution in [0.5, 0.6) is 0 Å². The summed E-state index contributed by atoms with van der Waals surface area (Å²) in [6.07, 6.45) is 2.82. The number of carbonyl (C=O) groups is 1. The zero-order valence-electron chi connectivity index (χ0n) is 16.6. The van der Waals surface area contributed by atoms with E-state index >= 15 is 0 Å². The summed E-state index contributed by atoms with van der Waals surface area (Å²) in [4.78, 5) is 35.0. The molecule has 7 heteroatoms. The Kier molecular flexibility index (Phi) is 5.29. The van der Waals surface area contributed by atoms with Crippen molar-refractivity contribution in [1.82, 2.24) is 20.0 Å². The molecule has 7 nitrogen and oxygen atoms in total. The molecule has 1 aliphatic rings. The lowest BCUT2D eigenvalue weighted by atomic mass is 10.0. The highest BCUT2D eigenvalue weighted by Gasteiger charge is 2.34. The van der Waals surface area contributed by atoms with Gasteiger partial charge in [0.05, 0.1) is 6.04 Å². The lowest BCUT2D eigenvalue weighted by Crippen LogP contribution is -2.33. The fraction of sp³-hybridized carbons (Fsp3) is 0.364. The molecule has 1 aromatic carbocycles. The standard InChI is InChI=1S/C22H24N4O3/c1-3-16-13-18(25-29-16)22(28)26-11-7-10-19(26)20-23-14(2)17(21(27)24-20)12-15-8-5-4-6-9-15/h4-6,8-9,13,19H,3,7,10-12H2,1-2H3,(H,23,24,27)/t19-/m0/s1. The number of nitrogens with zero attached hydrogens (tertiary/aromatic N) is 3. The van der Waals surface area contributed by atoms with Gasteiger partial charge in [-0.2, -0.15) is 0 Å². The fourth-order valence-corrected chi connectivity index (χ4v) is 3.82. The van der Waals surface area contributed by atoms with Crippen LogP contribution in [0.25, 0.3) is 0 Å². The van der Waals surface area contributed by atoms with Crippen molar-refractivity contribution in [2.24, 2.45) is 0 Å². The predicted octanol–water partition coefficient (Wildman–Crippen LogP) is 3.20. The van der Waals surface area contributed by atoms with Crippen molar-refractivity contribution in [2.75, 3.05) is 6.54 Å². The molecular formula is C22H24N4O3. The first-order valence-electron chi connectivity index (χ1n) is 9.97. The smallest absolute Gasteiger partial charge is 0.276 e. The van der Waals surface area contributed by atoms with Gasteiger partial charge in [0.2, 0.25) is 0 Å². The number of benzene rings is 1. The second-order valence-corrected chi connectivity index (χ2v) is 7.37. The summed E-state index contributed by atoms with van der Waals surface area (Å²) in [6, 6.07) is 11.3. The summed E-state index contributed by atoms with van der Waals surface area (Å²) in [6.45, 7) is 4.40. The first-order valence-corrected chi connectivity index (χ1v) is 9.97. The predicted molar refractivity (Wildman–Crippen MR) is 108 cm³/mol. The summed E-state index contributed by atoms with van der Waals surface area (Å²) in [5, 5.41) is 3.90. The Balaban J connectivity index is 1.60. The van der Waals surface area contributed by atoms with Gasteiger partial charge in [-0.15, -0.1) is 0 Å². The van der Waals surface area contributed by atoms with E-state index in [1.807, 2.05) is 44.2 Å². The molecule has 0 bridgehead atoms. The van der Waals surface area contributed by atoms with Crippen LogP contribution in [0.4, 0.5) is 0 Å². The molecule has 1 saturated heterocycles. The molecule has 0 unspecified atom stereocenters. The summed E-state index contributed by atoms with van der Waals surface area (Å²) >= 11 is 0. The zero-order valence-corrected chi connectivity index (χ0v) is 16.6. The number of likely N-dealkylation sites (tertiary alicyclic amines) is 1. The number of aryl methyl sites for hydroxylation is 2. The van der Waals surface area contributed by atoms with E-state index in [4.69, 9.17) is 4.52 Å². The van der Waals surface area contributed by atoms with Gasteiger partial charge in [0.1, 0.15) is 11.6 Å². The Morgan fingerprint density at radius 1 is 1.31 bits per heavy atom. The second kappa shape index (κ2) is 8.03. The number of H-pyrrole nitrogens is 1. The van der Waals surface area contributed by atoms with Crippen LogP contribution < -0.4 is 5.56 Å². The molecule has 3 aromatic rings. The molecule has 1 amide bonds. The van der Waals surface area contributed by atoms with Gasteiger partial charge in [-0.1, -0.05) is 42.4 Å². The number of amides is 1. The Hall–Kier alpha value is -3.22. The number of rotatable bonds is 5. The lowest BCUT2D eigenvalue weighted by molar-refractivity contribution is 0.0719. The molecule has 0 radical (unpaired) electrons. The summed E-state index contributed by atoms with van der Waals surface area (Å²) in [5.74, 6) is 1.02. The van der Waals surface area contributed by atoms with E-state index < -0.39 is 0 Å². The van der Waals surface area contributed by atoms with E-state index in [-0.39, 0.29) is 17.5 Å². The van der Waals surface area contributed by atoms with Crippen molar-refractivity contribution in [3.05, 3.63) is 80.9 Å². The SMILES string of the molecule is CCc1cc(C(=O)N2CCC[C@H]2c2nc(C)c(Cc3ccccc3)c(=O)[nH]2)no1. The maximum absolute atomic E-state index is 12.9. The lowest BCUT2D eigenvalue weighted by Gasteiger charge is -2.23. The number of aromatic amines is 1. The minimum absolute atomic E-state index is 0.148. The minimum atomic E-state index is -0.263. The monoisotopic (exact) mass is 392 g/mol. The quantitative estimate of drug-likeness (QED) is 0.720. The Morgan fingerprint density at radius 3 is 2.79 bits per heavy atom. The maximum Gasteiger partial charge on any atom is 0.276 e. The summed E-state index contributed by atoms with van der Waals surface area (Å²) in [7, 11) is 0. The van der Waals surface area contributed by atoms with E-state index in [9.17, 15) is 9.59 Å². The highest BCUT2D eigenvalue weighted by molar-refractivity contribution is 5.92. The molecule has 4 rings (SSSR count). The topological polar surface area (TPSA) is 92.1 Å². The van der Waals surface area contributed by atoms with Gasteiger partial charge < -0.3 is 14.4 Å². The van der Waals surface area contributed by atoms with Crippen LogP contribution in [0.3, 0.4) is 0 Å². The van der Waals surface area contributed by atoms with Gasteiger partial charge in [0.15, 0.2) is 5.69 Å². The molecule has 3 heterocycles. The number of nitrogens with one attached hydrogen (secondary N) is 1. The number of hydrogen-bond acceptors (Lipinski definition) is 5. The summed E-state index contributed by atoms with van der Waals surface area (Å²) in [5.41, 5.74) is 2.56. The van der Waals surface area contributed by atoms with Crippen LogP contribution in [0.2, 0.25) is 0 Å². The molecule has 0 saturated carbocycles. The zero-order chi connectivity index (χ0) is 20.4. The van der Waals surface area contributed by atoms with Crippen molar-refractivity contribution < 1.29 is 9.32 Å². The van der Waals surface area contributed by atoms with Crippen LogP contribution in [0.15, 0.2) is 45.7 Å². The Labute approximate surface area is 168 Å². The van der Waals surface area contributed by atoms with Crippen molar-refractivity contribution in [1.29, 1.82) is 0 Å². The Bertz CT molecular complexity index is 1070. The Morgan fingerprint density at radius 2 is 2.10 bits per heavy atom. The van der Waals surface area contributed by atoms with E-state index in [0.717, 1.165) is 18.4 Å². The van der Waals surface area contributed by atoms with Gasteiger partial charge in [-0.25, -0.2) is 4.98 Å². The number of aromatic nitrogens is 3. The number of hydrogen-bond donors (Lipinski definition) is 1. The number of carbonyl (C=O) groups excluding carboxylic acids is 1. The molecule has 0 aliphatic carbocycles. The normalized spacial score (nSPS) is 16.3. The van der Waals surface area contributed by atoms with Crippen molar-refractivity contribution in [2.45, 2.75) is 45.6 Å². The van der Waals surface area contributed by atoms with Gasteiger partial charge in [-0.05, 0) is 25.3 Å². The van der Waals surface area contributed by atoms with Gasteiger partial charge in [0.25, 0.3) is 11.5 Å². The molecule has 150 valence electrons. The van der Waals surface area contributed by atoms with Crippen molar-refractivity contribution >= 4 is 5.91 Å². The van der Waals surface area contributed by atoms with E-state index in [1.165, 1.54) is 0 Å². The molecular weight excluding hydrogens is 368 g/mol. The third-order valence-corrected chi connectivity index (χ3v) is 5.42. The van der Waals surface area contributed by atoms with Gasteiger partial charge in [-0.3, -0.25) is 9.59 Å². The third kappa shape index (κ3) is 3.85. The first kappa shape index (κ1) is 19.1. The fourth-order valence-electron chi connectivity index (χ4n) is 3.82. The molecule has 0 spiro atoms. The molecule has 1 atom stereocenters. The summed E-state index contributed by atoms with van der Waals surface area (Å²) < 4.78 is 5.18. The maximum atomic E-state index is 12.9. The molecule has 1 fully saturated rings. The van der Waals surface area contributed by atoms with Gasteiger partial charge in [0, 0.05) is 36.7 Å². The average molecular weight is 392 g/mol. The van der Waals surface area contributed by atoms with Crippen LogP contribution >= 0.6 is 0 Å². The molecule has 2 aromatic heterocycles. The van der Waals surface area contributed by atoms with E-state index in [2.05, 4.69) is 15.1 Å². The molecule has 29 heavy (non-hydrogen) atoms. The van der Waals surface area contributed by atoms with Crippen LogP contribution in [0, 0.1) is 6.92 Å². The molecule has 1 N–H and O–H groups in total. The molecule has 1 aliphatic heterocycles. The largest absolute Gasteiger partial charge is 0.361 e. The van der Waals surface area contributed by atoms with Crippen LogP contribution in [-0.4, -0.2) is 32.5 Å². The third-order valence-electron chi connectivity index (χ3n) is 5.42. The van der Waals surface area contributed by atoms with Crippen molar-refractivity contribution in [3.8, 4) is 0 Å². The first-order chi connectivity index (χ1) is 14.1.